The lowest BCUT2D eigenvalue weighted by atomic mass is 10.1. The molecule has 0 atom stereocenters. The zero-order chi connectivity index (χ0) is 12.3. The van der Waals surface area contributed by atoms with E-state index in [4.69, 9.17) is 9.05 Å². The lowest BCUT2D eigenvalue weighted by Crippen LogP contribution is -2.11. The molecule has 0 bridgehead atoms. The Morgan fingerprint density at radius 1 is 1.24 bits per heavy atom. The van der Waals surface area contributed by atoms with E-state index < -0.39 is 7.60 Å². The summed E-state index contributed by atoms with van der Waals surface area (Å²) >= 11 is 0. The quantitative estimate of drug-likeness (QED) is 0.729. The van der Waals surface area contributed by atoms with Crippen LogP contribution in [0.2, 0.25) is 0 Å². The Kier molecular flexibility index (Phi) is 4.03. The average Bonchev–Trinajstić information content (AvgIpc) is 3.14. The van der Waals surface area contributed by atoms with Crippen LogP contribution >= 0.6 is 7.60 Å². The smallest absolute Gasteiger partial charge is 0.305 e. The molecule has 4 heteroatoms. The van der Waals surface area contributed by atoms with Crippen LogP contribution in [-0.2, 0) is 13.6 Å². The fourth-order valence-corrected chi connectivity index (χ4v) is 3.52. The molecule has 1 saturated carbocycles. The van der Waals surface area contributed by atoms with Gasteiger partial charge in [0, 0.05) is 0 Å². The van der Waals surface area contributed by atoms with E-state index in [9.17, 15) is 4.57 Å². The molecule has 0 saturated heterocycles. The van der Waals surface area contributed by atoms with Crippen LogP contribution in [0.4, 0.5) is 0 Å². The summed E-state index contributed by atoms with van der Waals surface area (Å²) in [5, 5.41) is 0.686. The first-order valence-corrected chi connectivity index (χ1v) is 7.73. The van der Waals surface area contributed by atoms with Crippen molar-refractivity contribution in [2.24, 2.45) is 0 Å². The van der Waals surface area contributed by atoms with Gasteiger partial charge in [-0.1, -0.05) is 12.1 Å². The van der Waals surface area contributed by atoms with Gasteiger partial charge in [0.05, 0.1) is 18.5 Å². The van der Waals surface area contributed by atoms with E-state index in [2.05, 4.69) is 6.07 Å². The van der Waals surface area contributed by atoms with E-state index in [0.717, 1.165) is 0 Å². The molecule has 0 spiro atoms. The summed E-state index contributed by atoms with van der Waals surface area (Å²) in [6, 6.07) is 7.83. The van der Waals surface area contributed by atoms with Crippen LogP contribution in [0.5, 0.6) is 0 Å². The SMILES string of the molecule is CCOP(=O)(OCC)c1cccc(C2CC2)c1. The zero-order valence-electron chi connectivity index (χ0n) is 10.4. The lowest BCUT2D eigenvalue weighted by Gasteiger charge is -2.17. The third kappa shape index (κ3) is 2.98. The van der Waals surface area contributed by atoms with Gasteiger partial charge in [-0.2, -0.15) is 0 Å². The highest BCUT2D eigenvalue weighted by atomic mass is 31.2. The van der Waals surface area contributed by atoms with Crippen LogP contribution in [-0.4, -0.2) is 13.2 Å². The maximum atomic E-state index is 12.6. The van der Waals surface area contributed by atoms with Crippen LogP contribution < -0.4 is 5.30 Å². The van der Waals surface area contributed by atoms with Gasteiger partial charge in [-0.25, -0.2) is 0 Å². The zero-order valence-corrected chi connectivity index (χ0v) is 11.3. The minimum atomic E-state index is -3.11. The summed E-state index contributed by atoms with van der Waals surface area (Å²) in [4.78, 5) is 0. The van der Waals surface area contributed by atoms with E-state index in [-0.39, 0.29) is 0 Å². The van der Waals surface area contributed by atoms with Crippen molar-refractivity contribution >= 4 is 12.9 Å². The minimum absolute atomic E-state index is 0.394. The Morgan fingerprint density at radius 2 is 1.88 bits per heavy atom. The van der Waals surface area contributed by atoms with Crippen LogP contribution in [0.15, 0.2) is 24.3 Å². The highest BCUT2D eigenvalue weighted by Gasteiger charge is 2.29. The fraction of sp³-hybridized carbons (Fsp3) is 0.538. The van der Waals surface area contributed by atoms with Crippen molar-refractivity contribution in [2.45, 2.75) is 32.6 Å². The summed E-state index contributed by atoms with van der Waals surface area (Å²) in [6.45, 7) is 4.45. The third-order valence-electron chi connectivity index (χ3n) is 2.83. The molecule has 94 valence electrons. The van der Waals surface area contributed by atoms with Gasteiger partial charge in [0.2, 0.25) is 0 Å². The van der Waals surface area contributed by atoms with Crippen molar-refractivity contribution in [1.29, 1.82) is 0 Å². The molecule has 0 radical (unpaired) electrons. The third-order valence-corrected chi connectivity index (χ3v) is 4.94. The predicted octanol–water partition coefficient (Wildman–Crippen LogP) is 3.46. The Hall–Kier alpha value is -0.630. The molecule has 0 unspecified atom stereocenters. The maximum absolute atomic E-state index is 12.6. The first-order chi connectivity index (χ1) is 8.19. The number of rotatable bonds is 6. The fourth-order valence-electron chi connectivity index (χ4n) is 1.89. The summed E-state index contributed by atoms with van der Waals surface area (Å²) < 4.78 is 23.3. The molecule has 2 rings (SSSR count). The van der Waals surface area contributed by atoms with Gasteiger partial charge < -0.3 is 9.05 Å². The monoisotopic (exact) mass is 254 g/mol. The van der Waals surface area contributed by atoms with Gasteiger partial charge in [-0.3, -0.25) is 4.57 Å². The number of hydrogen-bond acceptors (Lipinski definition) is 3. The molecule has 0 N–H and O–H groups in total. The van der Waals surface area contributed by atoms with E-state index in [1.54, 1.807) is 0 Å². The van der Waals surface area contributed by atoms with Crippen LogP contribution in [0.1, 0.15) is 38.2 Å². The molecule has 1 aliphatic carbocycles. The molecule has 0 amide bonds. The van der Waals surface area contributed by atoms with E-state index in [1.165, 1.54) is 18.4 Å². The highest BCUT2D eigenvalue weighted by Crippen LogP contribution is 2.48. The van der Waals surface area contributed by atoms with Crippen molar-refractivity contribution in [1.82, 2.24) is 0 Å². The first-order valence-electron chi connectivity index (χ1n) is 6.19. The van der Waals surface area contributed by atoms with Gasteiger partial charge in [-0.05, 0) is 50.3 Å². The average molecular weight is 254 g/mol. The molecular formula is C13H19O3P. The van der Waals surface area contributed by atoms with Crippen molar-refractivity contribution in [3.63, 3.8) is 0 Å². The first kappa shape index (κ1) is 12.8. The number of benzene rings is 1. The van der Waals surface area contributed by atoms with Gasteiger partial charge >= 0.3 is 7.60 Å². The van der Waals surface area contributed by atoms with Crippen LogP contribution in [0.3, 0.4) is 0 Å². The van der Waals surface area contributed by atoms with Crippen LogP contribution in [0, 0.1) is 0 Å². The second kappa shape index (κ2) is 5.34. The van der Waals surface area contributed by atoms with E-state index in [1.807, 2.05) is 32.0 Å². The van der Waals surface area contributed by atoms with Gasteiger partial charge in [0.25, 0.3) is 0 Å². The van der Waals surface area contributed by atoms with Gasteiger partial charge in [0.15, 0.2) is 0 Å². The number of hydrogen-bond donors (Lipinski definition) is 0. The molecule has 3 nitrogen and oxygen atoms in total. The summed E-state index contributed by atoms with van der Waals surface area (Å²) in [5.74, 6) is 0.645. The van der Waals surface area contributed by atoms with Gasteiger partial charge in [0.1, 0.15) is 0 Å². The summed E-state index contributed by atoms with van der Waals surface area (Å²) in [7, 11) is -3.11. The van der Waals surface area contributed by atoms with E-state index >= 15 is 0 Å². The summed E-state index contributed by atoms with van der Waals surface area (Å²) in [6.07, 6.45) is 2.47. The van der Waals surface area contributed by atoms with Crippen molar-refractivity contribution in [2.75, 3.05) is 13.2 Å². The molecule has 1 aliphatic rings. The topological polar surface area (TPSA) is 35.5 Å². The van der Waals surface area contributed by atoms with Gasteiger partial charge in [-0.15, -0.1) is 0 Å². The largest absolute Gasteiger partial charge is 0.361 e. The van der Waals surface area contributed by atoms with Crippen LogP contribution in [0.25, 0.3) is 0 Å². The maximum Gasteiger partial charge on any atom is 0.361 e. The van der Waals surface area contributed by atoms with E-state index in [0.29, 0.717) is 24.4 Å². The minimum Gasteiger partial charge on any atom is -0.305 e. The highest BCUT2D eigenvalue weighted by molar-refractivity contribution is 7.62. The predicted molar refractivity (Wildman–Crippen MR) is 68.9 cm³/mol. The molecule has 1 aromatic rings. The van der Waals surface area contributed by atoms with Crippen molar-refractivity contribution < 1.29 is 13.6 Å². The second-order valence-corrected chi connectivity index (χ2v) is 6.23. The molecule has 1 fully saturated rings. The Labute approximate surface area is 103 Å². The Morgan fingerprint density at radius 3 is 2.41 bits per heavy atom. The molecule has 1 aromatic carbocycles. The molecule has 0 aromatic heterocycles. The van der Waals surface area contributed by atoms with Crippen molar-refractivity contribution in [3.8, 4) is 0 Å². The van der Waals surface area contributed by atoms with Crippen molar-refractivity contribution in [3.05, 3.63) is 29.8 Å². The molecule has 0 aliphatic heterocycles. The second-order valence-electron chi connectivity index (χ2n) is 4.20. The normalized spacial score (nSPS) is 16.1. The Bertz CT molecular complexity index is 416. The summed E-state index contributed by atoms with van der Waals surface area (Å²) in [5.41, 5.74) is 1.25. The Balaban J connectivity index is 2.28. The standard InChI is InChI=1S/C13H19O3P/c1-3-15-17(14,16-4-2)13-7-5-6-12(10-13)11-8-9-11/h5-7,10-11H,3-4,8-9H2,1-2H3. The molecule has 17 heavy (non-hydrogen) atoms. The lowest BCUT2D eigenvalue weighted by molar-refractivity contribution is 0.230. The molecular weight excluding hydrogens is 235 g/mol. The molecule has 0 heterocycles.